The Labute approximate surface area is 110 Å². The van der Waals surface area contributed by atoms with Crippen LogP contribution in [-0.2, 0) is 0 Å². The lowest BCUT2D eigenvalue weighted by Gasteiger charge is -2.06. The first-order valence-corrected chi connectivity index (χ1v) is 5.82. The fourth-order valence-corrected chi connectivity index (χ4v) is 1.52. The molecule has 2 rings (SSSR count). The molecule has 0 radical (unpaired) electrons. The second-order valence-corrected chi connectivity index (χ2v) is 4.27. The summed E-state index contributed by atoms with van der Waals surface area (Å²) < 4.78 is 5.09. The molecule has 18 heavy (non-hydrogen) atoms. The summed E-state index contributed by atoms with van der Waals surface area (Å²) in [5, 5.41) is 3.24. The molecule has 0 unspecified atom stereocenters. The normalized spacial score (nSPS) is 9.89. The van der Waals surface area contributed by atoms with Crippen molar-refractivity contribution >= 4 is 23.4 Å². The molecule has 0 saturated heterocycles. The lowest BCUT2D eigenvalue weighted by Crippen LogP contribution is -2.16. The van der Waals surface area contributed by atoms with Crippen LogP contribution in [-0.4, -0.2) is 6.09 Å². The Bertz CT molecular complexity index is 485. The molecular weight excluding hydrogens is 250 g/mol. The largest absolute Gasteiger partial charge is 0.417 e. The van der Waals surface area contributed by atoms with Crippen molar-refractivity contribution in [2.75, 3.05) is 5.32 Å². The highest BCUT2D eigenvalue weighted by atomic mass is 35.5. The van der Waals surface area contributed by atoms with Crippen molar-refractivity contribution in [1.82, 2.24) is 0 Å². The molecule has 92 valence electrons. The van der Waals surface area contributed by atoms with Crippen molar-refractivity contribution in [2.24, 2.45) is 0 Å². The van der Waals surface area contributed by atoms with Crippen molar-refractivity contribution in [3.63, 3.8) is 0 Å². The molecule has 1 N–H and O–H groups in total. The summed E-state index contributed by atoms with van der Waals surface area (Å²) in [4.78, 5) is 11.6. The van der Waals surface area contributed by atoms with Crippen LogP contribution in [0.2, 0.25) is 5.02 Å². The molecule has 0 saturated carbocycles. The van der Waals surface area contributed by atoms with E-state index in [1.54, 1.807) is 24.3 Å². The quantitative estimate of drug-likeness (QED) is 0.877. The first kappa shape index (κ1) is 12.5. The number of ether oxygens (including phenoxy) is 1. The van der Waals surface area contributed by atoms with Crippen LogP contribution in [0.3, 0.4) is 0 Å². The maximum Gasteiger partial charge on any atom is 0.417 e. The standard InChI is InChI=1S/C14H12ClNO2/c1-10-2-6-12(7-3-10)16-14(17)18-13-8-4-11(15)5-9-13/h2-9H,1H3,(H,16,17). The predicted molar refractivity (Wildman–Crippen MR) is 72.3 cm³/mol. The van der Waals surface area contributed by atoms with Crippen molar-refractivity contribution < 1.29 is 9.53 Å². The molecule has 0 spiro atoms. The molecule has 2 aromatic rings. The van der Waals surface area contributed by atoms with Gasteiger partial charge in [0, 0.05) is 10.7 Å². The van der Waals surface area contributed by atoms with E-state index in [0.717, 1.165) is 5.56 Å². The van der Waals surface area contributed by atoms with Crippen molar-refractivity contribution in [2.45, 2.75) is 6.92 Å². The third kappa shape index (κ3) is 3.50. The zero-order valence-corrected chi connectivity index (χ0v) is 10.6. The lowest BCUT2D eigenvalue weighted by atomic mass is 10.2. The molecule has 3 nitrogen and oxygen atoms in total. The zero-order chi connectivity index (χ0) is 13.0. The summed E-state index contributed by atoms with van der Waals surface area (Å²) in [6.45, 7) is 1.98. The molecule has 0 fully saturated rings. The topological polar surface area (TPSA) is 38.3 Å². The minimum absolute atomic E-state index is 0.448. The highest BCUT2D eigenvalue weighted by molar-refractivity contribution is 6.30. The Balaban J connectivity index is 1.96. The molecule has 0 aromatic heterocycles. The van der Waals surface area contributed by atoms with E-state index < -0.39 is 6.09 Å². The van der Waals surface area contributed by atoms with E-state index in [1.807, 2.05) is 31.2 Å². The number of anilines is 1. The molecule has 0 atom stereocenters. The minimum Gasteiger partial charge on any atom is -0.410 e. The van der Waals surface area contributed by atoms with E-state index in [2.05, 4.69) is 5.32 Å². The molecule has 1 amide bonds. The Morgan fingerprint density at radius 1 is 1.06 bits per heavy atom. The fraction of sp³-hybridized carbons (Fsp3) is 0.0714. The highest BCUT2D eigenvalue weighted by Gasteiger charge is 2.04. The van der Waals surface area contributed by atoms with Crippen LogP contribution in [0, 0.1) is 6.92 Å². The minimum atomic E-state index is -0.527. The van der Waals surface area contributed by atoms with E-state index in [-0.39, 0.29) is 0 Å². The van der Waals surface area contributed by atoms with Crippen LogP contribution in [0.5, 0.6) is 5.75 Å². The van der Waals surface area contributed by atoms with E-state index in [4.69, 9.17) is 16.3 Å². The zero-order valence-electron chi connectivity index (χ0n) is 9.81. The van der Waals surface area contributed by atoms with Crippen LogP contribution in [0.25, 0.3) is 0 Å². The molecule has 0 bridgehead atoms. The van der Waals surface area contributed by atoms with Gasteiger partial charge in [0.25, 0.3) is 0 Å². The number of benzene rings is 2. The first-order valence-electron chi connectivity index (χ1n) is 5.44. The maximum atomic E-state index is 11.6. The Hall–Kier alpha value is -2.00. The van der Waals surface area contributed by atoms with Gasteiger partial charge in [-0.3, -0.25) is 5.32 Å². The average Bonchev–Trinajstić information content (AvgIpc) is 2.35. The first-order chi connectivity index (χ1) is 8.63. The van der Waals surface area contributed by atoms with Gasteiger partial charge in [0.2, 0.25) is 0 Å². The van der Waals surface area contributed by atoms with Gasteiger partial charge in [-0.15, -0.1) is 0 Å². The van der Waals surface area contributed by atoms with Gasteiger partial charge >= 0.3 is 6.09 Å². The summed E-state index contributed by atoms with van der Waals surface area (Å²) in [6.07, 6.45) is -0.527. The number of aryl methyl sites for hydroxylation is 1. The van der Waals surface area contributed by atoms with Crippen LogP contribution >= 0.6 is 11.6 Å². The summed E-state index contributed by atoms with van der Waals surface area (Å²) in [5.74, 6) is 0.448. The molecular formula is C14H12ClNO2. The third-order valence-corrected chi connectivity index (χ3v) is 2.57. The molecule has 0 aliphatic heterocycles. The van der Waals surface area contributed by atoms with Gasteiger partial charge in [0.05, 0.1) is 0 Å². The van der Waals surface area contributed by atoms with Crippen molar-refractivity contribution in [3.05, 3.63) is 59.1 Å². The monoisotopic (exact) mass is 261 g/mol. The predicted octanol–water partition coefficient (Wildman–Crippen LogP) is 4.26. The number of hydrogen-bond donors (Lipinski definition) is 1. The number of nitrogens with one attached hydrogen (secondary N) is 1. The van der Waals surface area contributed by atoms with E-state index in [0.29, 0.717) is 16.5 Å². The van der Waals surface area contributed by atoms with Crippen molar-refractivity contribution in [1.29, 1.82) is 0 Å². The highest BCUT2D eigenvalue weighted by Crippen LogP contribution is 2.16. The van der Waals surface area contributed by atoms with Gasteiger partial charge in [0.15, 0.2) is 0 Å². The maximum absolute atomic E-state index is 11.6. The number of halogens is 1. The smallest absolute Gasteiger partial charge is 0.410 e. The third-order valence-electron chi connectivity index (χ3n) is 2.32. The van der Waals surface area contributed by atoms with Crippen LogP contribution in [0.15, 0.2) is 48.5 Å². The number of carbonyl (C=O) groups excluding carboxylic acids is 1. The number of amides is 1. The van der Waals surface area contributed by atoms with Gasteiger partial charge in [-0.25, -0.2) is 4.79 Å². The Morgan fingerprint density at radius 3 is 2.28 bits per heavy atom. The average molecular weight is 262 g/mol. The molecule has 2 aromatic carbocycles. The summed E-state index contributed by atoms with van der Waals surface area (Å²) in [5.41, 5.74) is 1.83. The summed E-state index contributed by atoms with van der Waals surface area (Å²) >= 11 is 5.74. The second kappa shape index (κ2) is 5.56. The van der Waals surface area contributed by atoms with E-state index >= 15 is 0 Å². The van der Waals surface area contributed by atoms with Gasteiger partial charge in [-0.1, -0.05) is 29.3 Å². The van der Waals surface area contributed by atoms with Gasteiger partial charge < -0.3 is 4.74 Å². The Kier molecular flexibility index (Phi) is 3.85. The van der Waals surface area contributed by atoms with Gasteiger partial charge in [-0.2, -0.15) is 0 Å². The molecule has 0 aliphatic rings. The Morgan fingerprint density at radius 2 is 1.67 bits per heavy atom. The van der Waals surface area contributed by atoms with Crippen LogP contribution in [0.4, 0.5) is 10.5 Å². The fourth-order valence-electron chi connectivity index (χ4n) is 1.39. The molecule has 4 heteroatoms. The lowest BCUT2D eigenvalue weighted by molar-refractivity contribution is 0.215. The molecule has 0 heterocycles. The number of hydrogen-bond acceptors (Lipinski definition) is 2. The van der Waals surface area contributed by atoms with E-state index in [9.17, 15) is 4.79 Å². The summed E-state index contributed by atoms with van der Waals surface area (Å²) in [7, 11) is 0. The molecule has 0 aliphatic carbocycles. The van der Waals surface area contributed by atoms with Gasteiger partial charge in [-0.05, 0) is 43.3 Å². The SMILES string of the molecule is Cc1ccc(NC(=O)Oc2ccc(Cl)cc2)cc1. The van der Waals surface area contributed by atoms with Gasteiger partial charge in [0.1, 0.15) is 5.75 Å². The summed E-state index contributed by atoms with van der Waals surface area (Å²) in [6, 6.07) is 14.1. The number of carbonyl (C=O) groups is 1. The van der Waals surface area contributed by atoms with Crippen LogP contribution in [0.1, 0.15) is 5.56 Å². The van der Waals surface area contributed by atoms with E-state index in [1.165, 1.54) is 0 Å². The van der Waals surface area contributed by atoms with Crippen molar-refractivity contribution in [3.8, 4) is 5.75 Å². The number of rotatable bonds is 2. The van der Waals surface area contributed by atoms with Crippen LogP contribution < -0.4 is 10.1 Å². The second-order valence-electron chi connectivity index (χ2n) is 3.83.